The van der Waals surface area contributed by atoms with Crippen LogP contribution in [0.25, 0.3) is 0 Å². The van der Waals surface area contributed by atoms with Gasteiger partial charge in [-0.2, -0.15) is 4.73 Å². The standard InChI is InChI=1S/C10H15NO4S/c1-4-16(13,14)10-5-9(15-8(2)3)6-11(12)7-10/h5-8H,4H2,1-3H3. The number of ether oxygens (including phenoxy) is 1. The topological polar surface area (TPSA) is 70.3 Å². The maximum atomic E-state index is 11.6. The molecular weight excluding hydrogens is 230 g/mol. The van der Waals surface area contributed by atoms with Crippen LogP contribution in [0.15, 0.2) is 23.4 Å². The molecule has 0 aromatic carbocycles. The molecule has 0 amide bonds. The molecule has 1 aromatic rings. The van der Waals surface area contributed by atoms with Gasteiger partial charge in [0.15, 0.2) is 21.8 Å². The smallest absolute Gasteiger partial charge is 0.222 e. The summed E-state index contributed by atoms with van der Waals surface area (Å²) in [7, 11) is -3.38. The van der Waals surface area contributed by atoms with Crippen LogP contribution in [0, 0.1) is 5.21 Å². The SMILES string of the molecule is CCS(=O)(=O)c1cc(OC(C)C)c[n+]([O-])c1. The van der Waals surface area contributed by atoms with Crippen molar-refractivity contribution in [3.63, 3.8) is 0 Å². The molecule has 0 saturated heterocycles. The van der Waals surface area contributed by atoms with Crippen LogP contribution in [0.1, 0.15) is 20.8 Å². The first-order valence-electron chi connectivity index (χ1n) is 4.98. The highest BCUT2D eigenvalue weighted by molar-refractivity contribution is 7.91. The Morgan fingerprint density at radius 2 is 2.06 bits per heavy atom. The normalized spacial score (nSPS) is 11.8. The van der Waals surface area contributed by atoms with Crippen LogP contribution in [0.3, 0.4) is 0 Å². The Morgan fingerprint density at radius 3 is 2.56 bits per heavy atom. The average Bonchev–Trinajstić information content (AvgIpc) is 2.15. The second kappa shape index (κ2) is 4.69. The minimum atomic E-state index is -3.38. The molecule has 0 aliphatic heterocycles. The molecule has 1 heterocycles. The first-order chi connectivity index (χ1) is 7.35. The van der Waals surface area contributed by atoms with Crippen molar-refractivity contribution in [1.82, 2.24) is 0 Å². The van der Waals surface area contributed by atoms with E-state index < -0.39 is 9.84 Å². The Labute approximate surface area is 95.2 Å². The van der Waals surface area contributed by atoms with E-state index in [-0.39, 0.29) is 22.5 Å². The average molecular weight is 245 g/mol. The number of hydrogen-bond donors (Lipinski definition) is 0. The zero-order valence-electron chi connectivity index (χ0n) is 9.50. The van der Waals surface area contributed by atoms with Gasteiger partial charge in [-0.3, -0.25) is 0 Å². The summed E-state index contributed by atoms with van der Waals surface area (Å²) >= 11 is 0. The number of pyridine rings is 1. The van der Waals surface area contributed by atoms with Crippen molar-refractivity contribution >= 4 is 9.84 Å². The van der Waals surface area contributed by atoms with Gasteiger partial charge in [0.2, 0.25) is 6.20 Å². The third-order valence-corrected chi connectivity index (χ3v) is 3.61. The van der Waals surface area contributed by atoms with Gasteiger partial charge in [-0.15, -0.1) is 0 Å². The third-order valence-electron chi connectivity index (χ3n) is 1.90. The second-order valence-corrected chi connectivity index (χ2v) is 5.92. The van der Waals surface area contributed by atoms with Crippen LogP contribution < -0.4 is 9.47 Å². The Morgan fingerprint density at radius 1 is 1.44 bits per heavy atom. The van der Waals surface area contributed by atoms with Gasteiger partial charge in [0.25, 0.3) is 0 Å². The molecule has 0 spiro atoms. The van der Waals surface area contributed by atoms with Crippen LogP contribution in [-0.2, 0) is 9.84 Å². The lowest BCUT2D eigenvalue weighted by molar-refractivity contribution is -0.608. The monoisotopic (exact) mass is 245 g/mol. The molecule has 0 unspecified atom stereocenters. The number of hydrogen-bond acceptors (Lipinski definition) is 4. The molecule has 1 rings (SSSR count). The molecule has 0 saturated carbocycles. The molecule has 0 atom stereocenters. The van der Waals surface area contributed by atoms with Crippen LogP contribution >= 0.6 is 0 Å². The predicted molar refractivity (Wildman–Crippen MR) is 58.9 cm³/mol. The fourth-order valence-corrected chi connectivity index (χ4v) is 2.07. The highest BCUT2D eigenvalue weighted by Crippen LogP contribution is 2.16. The van der Waals surface area contributed by atoms with Crippen molar-refractivity contribution in [2.45, 2.75) is 31.8 Å². The van der Waals surface area contributed by atoms with Crippen LogP contribution in [-0.4, -0.2) is 20.3 Å². The first-order valence-corrected chi connectivity index (χ1v) is 6.63. The van der Waals surface area contributed by atoms with Gasteiger partial charge >= 0.3 is 0 Å². The third kappa shape index (κ3) is 3.10. The van der Waals surface area contributed by atoms with E-state index in [0.717, 1.165) is 6.20 Å². The summed E-state index contributed by atoms with van der Waals surface area (Å²) in [6.45, 7) is 5.13. The molecule has 90 valence electrons. The molecule has 0 N–H and O–H groups in total. The first kappa shape index (κ1) is 12.8. The Hall–Kier alpha value is -1.30. The van der Waals surface area contributed by atoms with Crippen molar-refractivity contribution in [3.8, 4) is 5.75 Å². The highest BCUT2D eigenvalue weighted by atomic mass is 32.2. The lowest BCUT2D eigenvalue weighted by Crippen LogP contribution is -2.27. The van der Waals surface area contributed by atoms with Gasteiger partial charge in [-0.25, -0.2) is 8.42 Å². The summed E-state index contributed by atoms with van der Waals surface area (Å²) in [5.41, 5.74) is 0. The summed E-state index contributed by atoms with van der Waals surface area (Å²) in [4.78, 5) is -0.0110. The van der Waals surface area contributed by atoms with Crippen LogP contribution in [0.4, 0.5) is 0 Å². The maximum Gasteiger partial charge on any atom is 0.222 e. The highest BCUT2D eigenvalue weighted by Gasteiger charge is 2.17. The molecular formula is C10H15NO4S. The zero-order chi connectivity index (χ0) is 12.3. The number of sulfone groups is 1. The summed E-state index contributed by atoms with van der Waals surface area (Å²) < 4.78 is 28.9. The summed E-state index contributed by atoms with van der Waals surface area (Å²) in [6, 6.07) is 1.37. The van der Waals surface area contributed by atoms with Crippen molar-refractivity contribution in [2.24, 2.45) is 0 Å². The van der Waals surface area contributed by atoms with E-state index in [0.29, 0.717) is 4.73 Å². The number of aromatic nitrogens is 1. The van der Waals surface area contributed by atoms with Crippen LogP contribution in [0.2, 0.25) is 0 Å². The molecule has 0 bridgehead atoms. The van der Waals surface area contributed by atoms with Crippen molar-refractivity contribution in [3.05, 3.63) is 23.7 Å². The van der Waals surface area contributed by atoms with Gasteiger partial charge in [0, 0.05) is 6.07 Å². The van der Waals surface area contributed by atoms with E-state index in [1.165, 1.54) is 19.2 Å². The molecule has 16 heavy (non-hydrogen) atoms. The molecule has 0 fully saturated rings. The van der Waals surface area contributed by atoms with Gasteiger partial charge in [-0.05, 0) is 13.8 Å². The van der Waals surface area contributed by atoms with Gasteiger partial charge < -0.3 is 9.94 Å². The van der Waals surface area contributed by atoms with E-state index in [1.807, 2.05) is 0 Å². The largest absolute Gasteiger partial charge is 0.619 e. The van der Waals surface area contributed by atoms with E-state index in [2.05, 4.69) is 0 Å². The van der Waals surface area contributed by atoms with Crippen molar-refractivity contribution < 1.29 is 17.9 Å². The Kier molecular flexibility index (Phi) is 3.74. The van der Waals surface area contributed by atoms with E-state index in [1.54, 1.807) is 13.8 Å². The number of rotatable bonds is 4. The zero-order valence-corrected chi connectivity index (χ0v) is 10.3. The lowest BCUT2D eigenvalue weighted by atomic mass is 10.4. The molecule has 5 nitrogen and oxygen atoms in total. The fourth-order valence-electron chi connectivity index (χ4n) is 1.18. The maximum absolute atomic E-state index is 11.6. The van der Waals surface area contributed by atoms with Crippen molar-refractivity contribution in [1.29, 1.82) is 0 Å². The van der Waals surface area contributed by atoms with Crippen molar-refractivity contribution in [2.75, 3.05) is 5.75 Å². The second-order valence-electron chi connectivity index (χ2n) is 3.64. The predicted octanol–water partition coefficient (Wildman–Crippen LogP) is 0.901. The summed E-state index contributed by atoms with van der Waals surface area (Å²) in [6.07, 6.45) is 2.13. The lowest BCUT2D eigenvalue weighted by Gasteiger charge is -2.10. The van der Waals surface area contributed by atoms with E-state index in [4.69, 9.17) is 4.74 Å². The molecule has 6 heteroatoms. The molecule has 0 aliphatic carbocycles. The van der Waals surface area contributed by atoms with Gasteiger partial charge in [0.1, 0.15) is 4.90 Å². The number of nitrogens with zero attached hydrogens (tertiary/aromatic N) is 1. The molecule has 0 aliphatic rings. The fraction of sp³-hybridized carbons (Fsp3) is 0.500. The van der Waals surface area contributed by atoms with Crippen LogP contribution in [0.5, 0.6) is 5.75 Å². The minimum Gasteiger partial charge on any atom is -0.619 e. The van der Waals surface area contributed by atoms with E-state index in [9.17, 15) is 13.6 Å². The Bertz CT molecular complexity index is 468. The quantitative estimate of drug-likeness (QED) is 0.583. The van der Waals surface area contributed by atoms with Gasteiger partial charge in [-0.1, -0.05) is 6.92 Å². The summed E-state index contributed by atoms with van der Waals surface area (Å²) in [5.74, 6) is 0.220. The summed E-state index contributed by atoms with van der Waals surface area (Å²) in [5, 5.41) is 11.2. The minimum absolute atomic E-state index is 0.0110. The molecule has 0 radical (unpaired) electrons. The Balaban J connectivity index is 3.18. The van der Waals surface area contributed by atoms with Gasteiger partial charge in [0.05, 0.1) is 11.9 Å². The van der Waals surface area contributed by atoms with E-state index >= 15 is 0 Å². The molecule has 1 aromatic heterocycles.